The van der Waals surface area contributed by atoms with Crippen LogP contribution in [0.15, 0.2) is 11.0 Å². The molecule has 0 aliphatic rings. The Morgan fingerprint density at radius 2 is 2.30 bits per heavy atom. The Morgan fingerprint density at radius 1 is 1.60 bits per heavy atom. The highest BCUT2D eigenvalue weighted by atomic mass is 16.1. The molecule has 0 aromatic carbocycles. The Hall–Kier alpha value is -0.990. The van der Waals surface area contributed by atoms with Gasteiger partial charge in [0.2, 0.25) is 0 Å². The smallest absolute Gasteiger partial charge is 0.267 e. The van der Waals surface area contributed by atoms with Gasteiger partial charge in [-0.05, 0) is 13.3 Å². The number of rotatable bonds is 2. The summed E-state index contributed by atoms with van der Waals surface area (Å²) in [4.78, 5) is 11.0. The number of H-pyrrole nitrogens is 1. The quantitative estimate of drug-likeness (QED) is 0.647. The second-order valence-electron chi connectivity index (χ2n) is 2.23. The highest BCUT2D eigenvalue weighted by molar-refractivity contribution is 5.03. The van der Waals surface area contributed by atoms with Gasteiger partial charge < -0.3 is 0 Å². The minimum Gasteiger partial charge on any atom is -0.292 e. The molecule has 1 aromatic heterocycles. The first kappa shape index (κ1) is 7.12. The maximum absolute atomic E-state index is 11.0. The molecule has 0 saturated carbocycles. The lowest BCUT2D eigenvalue weighted by atomic mass is 10.3. The van der Waals surface area contributed by atoms with Crippen LogP contribution >= 0.6 is 0 Å². The van der Waals surface area contributed by atoms with Gasteiger partial charge in [-0.1, -0.05) is 6.92 Å². The average Bonchev–Trinajstić information content (AvgIpc) is 2.30. The molecule has 0 radical (unpaired) electrons. The summed E-state index contributed by atoms with van der Waals surface area (Å²) in [7, 11) is 0. The molecule has 0 bridgehead atoms. The average molecular weight is 140 g/mol. The molecule has 1 rings (SSSR count). The predicted octanol–water partition coefficient (Wildman–Crippen LogP) is 0.759. The van der Waals surface area contributed by atoms with Gasteiger partial charge in [-0.2, -0.15) is 0 Å². The normalized spacial score (nSPS) is 10.2. The number of aromatic amines is 1. The number of nitrogens with zero attached hydrogens (tertiary/aromatic N) is 1. The van der Waals surface area contributed by atoms with Crippen molar-refractivity contribution in [2.45, 2.75) is 26.8 Å². The summed E-state index contributed by atoms with van der Waals surface area (Å²) in [5, 5.41) is 2.71. The van der Waals surface area contributed by atoms with Gasteiger partial charge in [0.1, 0.15) is 0 Å². The van der Waals surface area contributed by atoms with E-state index < -0.39 is 0 Å². The van der Waals surface area contributed by atoms with Gasteiger partial charge in [0.05, 0.1) is 0 Å². The van der Waals surface area contributed by atoms with Crippen molar-refractivity contribution in [3.63, 3.8) is 0 Å². The fraction of sp³-hybridized carbons (Fsp3) is 0.571. The molecule has 0 atom stereocenters. The van der Waals surface area contributed by atoms with E-state index in [0.717, 1.165) is 18.5 Å². The van der Waals surface area contributed by atoms with Crippen molar-refractivity contribution >= 4 is 0 Å². The molecule has 1 aromatic rings. The zero-order chi connectivity index (χ0) is 7.56. The number of aromatic nitrogens is 2. The molecule has 56 valence electrons. The van der Waals surface area contributed by atoms with Gasteiger partial charge in [-0.15, -0.1) is 0 Å². The molecule has 1 heterocycles. The SMILES string of the molecule is CCc1cn(CC)[nH]c1=O. The van der Waals surface area contributed by atoms with Crippen molar-refractivity contribution in [1.29, 1.82) is 0 Å². The maximum Gasteiger partial charge on any atom is 0.267 e. The van der Waals surface area contributed by atoms with Crippen LogP contribution in [0.25, 0.3) is 0 Å². The number of hydrogen-bond acceptors (Lipinski definition) is 1. The lowest BCUT2D eigenvalue weighted by Crippen LogP contribution is -2.06. The molecule has 0 spiro atoms. The van der Waals surface area contributed by atoms with E-state index >= 15 is 0 Å². The predicted molar refractivity (Wildman–Crippen MR) is 40.1 cm³/mol. The minimum absolute atomic E-state index is 0.0457. The fourth-order valence-electron chi connectivity index (χ4n) is 0.903. The molecule has 0 aliphatic carbocycles. The molecule has 10 heavy (non-hydrogen) atoms. The van der Waals surface area contributed by atoms with Crippen molar-refractivity contribution < 1.29 is 0 Å². The first-order valence-corrected chi connectivity index (χ1v) is 3.56. The number of aryl methyl sites for hydroxylation is 2. The zero-order valence-electron chi connectivity index (χ0n) is 6.35. The van der Waals surface area contributed by atoms with Crippen LogP contribution in [0.5, 0.6) is 0 Å². The van der Waals surface area contributed by atoms with Crippen LogP contribution < -0.4 is 5.56 Å². The van der Waals surface area contributed by atoms with Crippen molar-refractivity contribution in [1.82, 2.24) is 9.78 Å². The molecule has 0 amide bonds. The van der Waals surface area contributed by atoms with Crippen LogP contribution in [0.1, 0.15) is 19.4 Å². The van der Waals surface area contributed by atoms with Crippen LogP contribution in [-0.2, 0) is 13.0 Å². The summed E-state index contributed by atoms with van der Waals surface area (Å²) in [6.45, 7) is 4.80. The minimum atomic E-state index is 0.0457. The van der Waals surface area contributed by atoms with E-state index in [4.69, 9.17) is 0 Å². The summed E-state index contributed by atoms with van der Waals surface area (Å²) in [5.41, 5.74) is 0.909. The largest absolute Gasteiger partial charge is 0.292 e. The zero-order valence-corrected chi connectivity index (χ0v) is 6.35. The van der Waals surface area contributed by atoms with E-state index in [2.05, 4.69) is 5.10 Å². The van der Waals surface area contributed by atoms with Crippen molar-refractivity contribution in [3.8, 4) is 0 Å². The van der Waals surface area contributed by atoms with Crippen LogP contribution in [-0.4, -0.2) is 9.78 Å². The van der Waals surface area contributed by atoms with E-state index in [9.17, 15) is 4.79 Å². The molecule has 0 aliphatic heterocycles. The summed E-state index contributed by atoms with van der Waals surface area (Å²) in [5.74, 6) is 0. The Balaban J connectivity index is 3.04. The van der Waals surface area contributed by atoms with Crippen LogP contribution in [0.3, 0.4) is 0 Å². The van der Waals surface area contributed by atoms with E-state index in [1.165, 1.54) is 0 Å². The van der Waals surface area contributed by atoms with Crippen LogP contribution in [0.2, 0.25) is 0 Å². The Bertz CT molecular complexity index is 259. The highest BCUT2D eigenvalue weighted by Crippen LogP contribution is 1.90. The third-order valence-electron chi connectivity index (χ3n) is 1.57. The summed E-state index contributed by atoms with van der Waals surface area (Å²) >= 11 is 0. The standard InChI is InChI=1S/C7H12N2O/c1-3-6-5-9(4-2)8-7(6)10/h5H,3-4H2,1-2H3,(H,8,10). The summed E-state index contributed by atoms with van der Waals surface area (Å²) in [6, 6.07) is 0. The lowest BCUT2D eigenvalue weighted by molar-refractivity contribution is 0.652. The van der Waals surface area contributed by atoms with E-state index in [1.54, 1.807) is 4.68 Å². The van der Waals surface area contributed by atoms with Crippen molar-refractivity contribution in [2.24, 2.45) is 0 Å². The van der Waals surface area contributed by atoms with Gasteiger partial charge >= 0.3 is 0 Å². The van der Waals surface area contributed by atoms with Gasteiger partial charge in [-0.25, -0.2) is 0 Å². The molecule has 3 nitrogen and oxygen atoms in total. The second-order valence-corrected chi connectivity index (χ2v) is 2.23. The molecule has 0 saturated heterocycles. The Kier molecular flexibility index (Phi) is 1.94. The first-order valence-electron chi connectivity index (χ1n) is 3.56. The summed E-state index contributed by atoms with van der Waals surface area (Å²) < 4.78 is 1.79. The molecule has 0 fully saturated rings. The van der Waals surface area contributed by atoms with Gasteiger partial charge in [0.15, 0.2) is 0 Å². The molecule has 1 N–H and O–H groups in total. The second kappa shape index (κ2) is 2.73. The molecular formula is C7H12N2O. The maximum atomic E-state index is 11.0. The highest BCUT2D eigenvalue weighted by Gasteiger charge is 1.97. The lowest BCUT2D eigenvalue weighted by Gasteiger charge is -1.90. The third kappa shape index (κ3) is 1.12. The van der Waals surface area contributed by atoms with Crippen molar-refractivity contribution in [2.75, 3.05) is 0 Å². The van der Waals surface area contributed by atoms with Gasteiger partial charge in [-0.3, -0.25) is 14.6 Å². The fourth-order valence-corrected chi connectivity index (χ4v) is 0.903. The van der Waals surface area contributed by atoms with E-state index in [-0.39, 0.29) is 5.56 Å². The van der Waals surface area contributed by atoms with Gasteiger partial charge in [0, 0.05) is 18.3 Å². The van der Waals surface area contributed by atoms with Gasteiger partial charge in [0.25, 0.3) is 5.56 Å². The monoisotopic (exact) mass is 140 g/mol. The van der Waals surface area contributed by atoms with Crippen LogP contribution in [0.4, 0.5) is 0 Å². The molecular weight excluding hydrogens is 128 g/mol. The van der Waals surface area contributed by atoms with Crippen LogP contribution in [0, 0.1) is 0 Å². The summed E-state index contributed by atoms with van der Waals surface area (Å²) in [6.07, 6.45) is 2.67. The third-order valence-corrected chi connectivity index (χ3v) is 1.57. The number of nitrogens with one attached hydrogen (secondary N) is 1. The van der Waals surface area contributed by atoms with E-state index in [1.807, 2.05) is 20.0 Å². The Labute approximate surface area is 59.7 Å². The van der Waals surface area contributed by atoms with E-state index in [0.29, 0.717) is 0 Å². The first-order chi connectivity index (χ1) is 4.77. The Morgan fingerprint density at radius 3 is 2.60 bits per heavy atom. The number of hydrogen-bond donors (Lipinski definition) is 1. The molecule has 3 heteroatoms. The van der Waals surface area contributed by atoms with Crippen molar-refractivity contribution in [3.05, 3.63) is 22.1 Å². The molecule has 0 unspecified atom stereocenters. The topological polar surface area (TPSA) is 37.8 Å².